The molecule has 0 amide bonds. The van der Waals surface area contributed by atoms with Crippen molar-refractivity contribution in [1.29, 1.82) is 0 Å². The lowest BCUT2D eigenvalue weighted by Crippen LogP contribution is -2.08. The van der Waals surface area contributed by atoms with E-state index in [4.69, 9.17) is 15.2 Å². The van der Waals surface area contributed by atoms with E-state index < -0.39 is 5.97 Å². The zero-order valence-electron chi connectivity index (χ0n) is 11.9. The van der Waals surface area contributed by atoms with Gasteiger partial charge in [0.25, 0.3) is 0 Å². The number of nitrogens with two attached hydrogens (primary N) is 1. The van der Waals surface area contributed by atoms with Crippen molar-refractivity contribution in [3.05, 3.63) is 57.6 Å². The minimum Gasteiger partial charge on any atom is -0.489 e. The Morgan fingerprint density at radius 3 is 2.67 bits per heavy atom. The summed E-state index contributed by atoms with van der Waals surface area (Å²) in [5.41, 5.74) is 8.42. The van der Waals surface area contributed by atoms with E-state index in [1.54, 1.807) is 12.1 Å². The largest absolute Gasteiger partial charge is 0.489 e. The Kier molecular flexibility index (Phi) is 4.85. The van der Waals surface area contributed by atoms with Crippen molar-refractivity contribution >= 4 is 27.6 Å². The van der Waals surface area contributed by atoms with Crippen molar-refractivity contribution in [3.63, 3.8) is 0 Å². The Morgan fingerprint density at radius 1 is 1.29 bits per heavy atom. The molecule has 0 aromatic heterocycles. The lowest BCUT2D eigenvalue weighted by atomic mass is 10.1. The topological polar surface area (TPSA) is 61.5 Å². The van der Waals surface area contributed by atoms with Gasteiger partial charge >= 0.3 is 5.97 Å². The number of hydrogen-bond acceptors (Lipinski definition) is 4. The van der Waals surface area contributed by atoms with Gasteiger partial charge < -0.3 is 15.2 Å². The van der Waals surface area contributed by atoms with Gasteiger partial charge in [-0.05, 0) is 30.7 Å². The lowest BCUT2D eigenvalue weighted by Gasteiger charge is -2.12. The fraction of sp³-hybridized carbons (Fsp3) is 0.188. The molecular formula is C16H16BrNO3. The maximum absolute atomic E-state index is 11.7. The number of carbonyl (C=O) groups is 1. The highest BCUT2D eigenvalue weighted by Gasteiger charge is 2.14. The third kappa shape index (κ3) is 3.55. The number of carbonyl (C=O) groups excluding carboxylic acids is 1. The van der Waals surface area contributed by atoms with Crippen LogP contribution in [0.5, 0.6) is 5.75 Å². The van der Waals surface area contributed by atoms with Gasteiger partial charge in [0.05, 0.1) is 12.7 Å². The quantitative estimate of drug-likeness (QED) is 0.675. The van der Waals surface area contributed by atoms with Crippen molar-refractivity contribution in [1.82, 2.24) is 0 Å². The zero-order chi connectivity index (χ0) is 15.4. The molecule has 0 atom stereocenters. The summed E-state index contributed by atoms with van der Waals surface area (Å²) in [4.78, 5) is 11.7. The number of rotatable bonds is 4. The molecule has 0 fully saturated rings. The Hall–Kier alpha value is -2.01. The maximum atomic E-state index is 11.7. The van der Waals surface area contributed by atoms with Crippen LogP contribution in [0.4, 0.5) is 5.69 Å². The molecule has 0 saturated heterocycles. The third-order valence-electron chi connectivity index (χ3n) is 3.12. The van der Waals surface area contributed by atoms with Crippen LogP contribution >= 0.6 is 15.9 Å². The number of methoxy groups -OCH3 is 1. The first-order valence-corrected chi connectivity index (χ1v) is 7.17. The molecule has 5 heteroatoms. The summed E-state index contributed by atoms with van der Waals surface area (Å²) in [7, 11) is 1.33. The Balaban J connectivity index is 2.23. The number of benzene rings is 2. The molecule has 4 nitrogen and oxygen atoms in total. The van der Waals surface area contributed by atoms with Crippen LogP contribution in [-0.4, -0.2) is 13.1 Å². The molecule has 2 N–H and O–H groups in total. The van der Waals surface area contributed by atoms with Gasteiger partial charge in [-0.2, -0.15) is 0 Å². The first-order chi connectivity index (χ1) is 10.0. The highest BCUT2D eigenvalue weighted by Crippen LogP contribution is 2.26. The van der Waals surface area contributed by atoms with E-state index in [0.29, 0.717) is 23.6 Å². The molecule has 21 heavy (non-hydrogen) atoms. The van der Waals surface area contributed by atoms with E-state index in [1.807, 2.05) is 31.2 Å². The molecule has 0 aliphatic rings. The van der Waals surface area contributed by atoms with E-state index in [1.165, 1.54) is 7.11 Å². The van der Waals surface area contributed by atoms with Crippen molar-refractivity contribution < 1.29 is 14.3 Å². The van der Waals surface area contributed by atoms with E-state index in [-0.39, 0.29) is 0 Å². The second kappa shape index (κ2) is 6.63. The molecule has 0 saturated carbocycles. The predicted molar refractivity (Wildman–Crippen MR) is 85.4 cm³/mol. The normalized spacial score (nSPS) is 10.2. The van der Waals surface area contributed by atoms with Crippen LogP contribution in [0.15, 0.2) is 40.9 Å². The summed E-state index contributed by atoms with van der Waals surface area (Å²) in [6.45, 7) is 2.22. The van der Waals surface area contributed by atoms with Gasteiger partial charge in [0, 0.05) is 15.7 Å². The average molecular weight is 350 g/mol. The lowest BCUT2D eigenvalue weighted by molar-refractivity contribution is 0.0601. The molecular weight excluding hydrogens is 334 g/mol. The predicted octanol–water partition coefficient (Wildman–Crippen LogP) is 3.71. The second-order valence-electron chi connectivity index (χ2n) is 4.57. The fourth-order valence-electron chi connectivity index (χ4n) is 1.90. The van der Waals surface area contributed by atoms with Gasteiger partial charge in [-0.15, -0.1) is 0 Å². The molecule has 0 spiro atoms. The molecule has 0 aliphatic carbocycles. The van der Waals surface area contributed by atoms with Crippen molar-refractivity contribution in [2.45, 2.75) is 13.5 Å². The molecule has 0 radical (unpaired) electrons. The molecule has 0 heterocycles. The number of esters is 1. The van der Waals surface area contributed by atoms with Gasteiger partial charge in [-0.25, -0.2) is 4.79 Å². The summed E-state index contributed by atoms with van der Waals surface area (Å²) in [6.07, 6.45) is 0. The van der Waals surface area contributed by atoms with Crippen LogP contribution in [-0.2, 0) is 11.3 Å². The van der Waals surface area contributed by atoms with Crippen LogP contribution < -0.4 is 10.5 Å². The van der Waals surface area contributed by atoms with Crippen LogP contribution in [0.3, 0.4) is 0 Å². The van der Waals surface area contributed by atoms with E-state index in [9.17, 15) is 4.79 Å². The van der Waals surface area contributed by atoms with Crippen LogP contribution in [0.2, 0.25) is 0 Å². The summed E-state index contributed by atoms with van der Waals surface area (Å²) < 4.78 is 11.5. The standard InChI is InChI=1S/C16H16BrNO3/c1-10-7-12(8-13(15(10)18)16(19)20-2)21-9-11-5-3-4-6-14(11)17/h3-8H,9,18H2,1-2H3. The van der Waals surface area contributed by atoms with E-state index >= 15 is 0 Å². The van der Waals surface area contributed by atoms with Gasteiger partial charge in [0.15, 0.2) is 0 Å². The molecule has 2 aromatic rings. The minimum atomic E-state index is -0.470. The van der Waals surface area contributed by atoms with Crippen LogP contribution in [0, 0.1) is 6.92 Å². The van der Waals surface area contributed by atoms with Gasteiger partial charge in [-0.3, -0.25) is 0 Å². The van der Waals surface area contributed by atoms with Crippen LogP contribution in [0.1, 0.15) is 21.5 Å². The van der Waals surface area contributed by atoms with E-state index in [0.717, 1.165) is 15.6 Å². The monoisotopic (exact) mass is 349 g/mol. The number of halogens is 1. The molecule has 110 valence electrons. The van der Waals surface area contributed by atoms with Gasteiger partial charge in [-0.1, -0.05) is 34.1 Å². The number of ether oxygens (including phenoxy) is 2. The molecule has 0 bridgehead atoms. The molecule has 2 rings (SSSR count). The van der Waals surface area contributed by atoms with Crippen molar-refractivity contribution in [2.75, 3.05) is 12.8 Å². The summed E-state index contributed by atoms with van der Waals surface area (Å²) in [5.74, 6) is 0.111. The Labute approximate surface area is 132 Å². The van der Waals surface area contributed by atoms with Crippen molar-refractivity contribution in [3.8, 4) is 5.75 Å². The molecule has 0 unspecified atom stereocenters. The SMILES string of the molecule is COC(=O)c1cc(OCc2ccccc2Br)cc(C)c1N. The van der Waals surface area contributed by atoms with Crippen molar-refractivity contribution in [2.24, 2.45) is 0 Å². The molecule has 2 aromatic carbocycles. The average Bonchev–Trinajstić information content (AvgIpc) is 2.48. The number of aryl methyl sites for hydroxylation is 1. The van der Waals surface area contributed by atoms with Crippen LogP contribution in [0.25, 0.3) is 0 Å². The number of anilines is 1. The smallest absolute Gasteiger partial charge is 0.340 e. The Bertz CT molecular complexity index is 671. The molecule has 0 aliphatic heterocycles. The second-order valence-corrected chi connectivity index (χ2v) is 5.43. The maximum Gasteiger partial charge on any atom is 0.340 e. The van der Waals surface area contributed by atoms with Gasteiger partial charge in [0.1, 0.15) is 12.4 Å². The highest BCUT2D eigenvalue weighted by atomic mass is 79.9. The summed E-state index contributed by atoms with van der Waals surface area (Å²) >= 11 is 3.47. The Morgan fingerprint density at radius 2 is 2.00 bits per heavy atom. The third-order valence-corrected chi connectivity index (χ3v) is 3.89. The summed E-state index contributed by atoms with van der Waals surface area (Å²) in [6, 6.07) is 11.2. The number of nitrogen functional groups attached to an aromatic ring is 1. The van der Waals surface area contributed by atoms with Gasteiger partial charge in [0.2, 0.25) is 0 Å². The first-order valence-electron chi connectivity index (χ1n) is 6.37. The highest BCUT2D eigenvalue weighted by molar-refractivity contribution is 9.10. The fourth-order valence-corrected chi connectivity index (χ4v) is 2.30. The minimum absolute atomic E-state index is 0.319. The summed E-state index contributed by atoms with van der Waals surface area (Å²) in [5, 5.41) is 0. The number of hydrogen-bond donors (Lipinski definition) is 1. The van der Waals surface area contributed by atoms with E-state index in [2.05, 4.69) is 15.9 Å². The zero-order valence-corrected chi connectivity index (χ0v) is 13.4. The first kappa shape index (κ1) is 15.4.